The Hall–Kier alpha value is -2.57. The van der Waals surface area contributed by atoms with Gasteiger partial charge in [0.15, 0.2) is 17.3 Å². The predicted octanol–water partition coefficient (Wildman–Crippen LogP) is 2.71. The third kappa shape index (κ3) is 3.98. The Labute approximate surface area is 156 Å². The maximum Gasteiger partial charge on any atom is 0.279 e. The number of aromatic nitrogens is 1. The van der Waals surface area contributed by atoms with E-state index in [0.717, 1.165) is 20.1 Å². The van der Waals surface area contributed by atoms with Gasteiger partial charge in [-0.25, -0.2) is 4.98 Å². The lowest BCUT2D eigenvalue weighted by atomic mass is 10.1. The number of carbonyl (C=O) groups excluding carboxylic acids is 2. The van der Waals surface area contributed by atoms with Crippen LogP contribution in [0.25, 0.3) is 10.2 Å². The molecule has 0 fully saturated rings. The minimum atomic E-state index is -0.121. The number of para-hydroxylation sites is 2. The third-order valence-corrected chi connectivity index (χ3v) is 5.66. The van der Waals surface area contributed by atoms with E-state index < -0.39 is 0 Å². The van der Waals surface area contributed by atoms with Crippen LogP contribution < -0.4 is 10.2 Å². The van der Waals surface area contributed by atoms with E-state index in [1.54, 1.807) is 29.5 Å². The fourth-order valence-corrected chi connectivity index (χ4v) is 3.90. The molecule has 0 bridgehead atoms. The van der Waals surface area contributed by atoms with E-state index in [4.69, 9.17) is 0 Å². The monoisotopic (exact) mass is 368 g/mol. The molecule has 0 aliphatic rings. The second-order valence-corrected chi connectivity index (χ2v) is 7.48. The Morgan fingerprint density at radius 2 is 1.85 bits per heavy atom. The fourth-order valence-electron chi connectivity index (χ4n) is 2.79. The first-order valence-electron chi connectivity index (χ1n) is 8.53. The number of amides is 1. The quantitative estimate of drug-likeness (QED) is 0.658. The summed E-state index contributed by atoms with van der Waals surface area (Å²) in [7, 11) is 1.98. The number of ketones is 1. The van der Waals surface area contributed by atoms with Gasteiger partial charge in [0.2, 0.25) is 0 Å². The van der Waals surface area contributed by atoms with Gasteiger partial charge in [-0.1, -0.05) is 24.3 Å². The summed E-state index contributed by atoms with van der Waals surface area (Å²) in [4.78, 5) is 29.9. The first kappa shape index (κ1) is 18.2. The van der Waals surface area contributed by atoms with Gasteiger partial charge in [0.1, 0.15) is 6.04 Å². The van der Waals surface area contributed by atoms with Crippen LogP contribution in [0.5, 0.6) is 0 Å². The Kier molecular flexibility index (Phi) is 5.44. The number of anilines is 1. The molecule has 0 radical (unpaired) electrons. The van der Waals surface area contributed by atoms with Gasteiger partial charge in [-0.3, -0.25) is 9.59 Å². The number of Topliss-reactive ketones (excluding diaryl/α,β-unsaturated/α-hetero) is 1. The van der Waals surface area contributed by atoms with Crippen molar-refractivity contribution < 1.29 is 14.5 Å². The molecule has 1 unspecified atom stereocenters. The summed E-state index contributed by atoms with van der Waals surface area (Å²) >= 11 is 1.66. The molecule has 2 aromatic carbocycles. The van der Waals surface area contributed by atoms with Gasteiger partial charge in [-0.15, -0.1) is 11.3 Å². The van der Waals surface area contributed by atoms with Gasteiger partial charge in [0.25, 0.3) is 5.91 Å². The number of hydrogen-bond acceptors (Lipinski definition) is 4. The lowest BCUT2D eigenvalue weighted by Gasteiger charge is -2.19. The average molecular weight is 368 g/mol. The Morgan fingerprint density at radius 3 is 2.58 bits per heavy atom. The van der Waals surface area contributed by atoms with E-state index in [1.807, 2.05) is 31.3 Å². The largest absolute Gasteiger partial charge is 0.322 e. The lowest BCUT2D eigenvalue weighted by Crippen LogP contribution is -3.10. The van der Waals surface area contributed by atoms with Crippen LogP contribution in [0.4, 0.5) is 5.69 Å². The molecule has 0 spiro atoms. The van der Waals surface area contributed by atoms with Crippen LogP contribution in [0.15, 0.2) is 48.5 Å². The first-order valence-corrected chi connectivity index (χ1v) is 9.35. The van der Waals surface area contributed by atoms with E-state index in [2.05, 4.69) is 23.3 Å². The van der Waals surface area contributed by atoms with E-state index in [-0.39, 0.29) is 17.7 Å². The van der Waals surface area contributed by atoms with Crippen LogP contribution >= 0.6 is 11.3 Å². The normalized spacial score (nSPS) is 13.3. The van der Waals surface area contributed by atoms with Crippen LogP contribution in [-0.2, 0) is 4.79 Å². The van der Waals surface area contributed by atoms with Crippen molar-refractivity contribution >= 4 is 38.9 Å². The van der Waals surface area contributed by atoms with Gasteiger partial charge in [0.05, 0.1) is 23.0 Å². The number of benzene rings is 2. The van der Waals surface area contributed by atoms with Crippen LogP contribution in [0.1, 0.15) is 35.3 Å². The highest BCUT2D eigenvalue weighted by atomic mass is 32.1. The highest BCUT2D eigenvalue weighted by Gasteiger charge is 2.22. The molecular formula is C20H22N3O2S+. The van der Waals surface area contributed by atoms with Crippen molar-refractivity contribution in [3.05, 3.63) is 59.1 Å². The molecular weight excluding hydrogens is 346 g/mol. The summed E-state index contributed by atoms with van der Waals surface area (Å²) in [5, 5.41) is 3.87. The topological polar surface area (TPSA) is 63.5 Å². The number of rotatable bonds is 6. The van der Waals surface area contributed by atoms with Crippen molar-refractivity contribution in [2.75, 3.05) is 18.9 Å². The molecule has 2 N–H and O–H groups in total. The van der Waals surface area contributed by atoms with Crippen LogP contribution in [-0.4, -0.2) is 30.3 Å². The molecule has 2 atom stereocenters. The van der Waals surface area contributed by atoms with Crippen molar-refractivity contribution in [2.45, 2.75) is 19.9 Å². The minimum Gasteiger partial charge on any atom is -0.322 e. The highest BCUT2D eigenvalue weighted by Crippen LogP contribution is 2.24. The number of fused-ring (bicyclic) bond motifs is 1. The smallest absolute Gasteiger partial charge is 0.279 e. The van der Waals surface area contributed by atoms with Gasteiger partial charge in [-0.2, -0.15) is 0 Å². The predicted molar refractivity (Wildman–Crippen MR) is 105 cm³/mol. The Bertz CT molecular complexity index is 918. The van der Waals surface area contributed by atoms with Gasteiger partial charge >= 0.3 is 0 Å². The van der Waals surface area contributed by atoms with Gasteiger partial charge in [0, 0.05) is 5.56 Å². The third-order valence-electron chi connectivity index (χ3n) is 4.44. The number of thiazole rings is 1. The zero-order valence-electron chi connectivity index (χ0n) is 15.1. The van der Waals surface area contributed by atoms with E-state index in [0.29, 0.717) is 17.8 Å². The van der Waals surface area contributed by atoms with Crippen LogP contribution in [0, 0.1) is 0 Å². The molecule has 6 heteroatoms. The second-order valence-electron chi connectivity index (χ2n) is 6.41. The average Bonchev–Trinajstić information content (AvgIpc) is 3.05. The molecule has 5 nitrogen and oxygen atoms in total. The van der Waals surface area contributed by atoms with Crippen molar-refractivity contribution in [3.63, 3.8) is 0 Å². The Balaban J connectivity index is 1.68. The summed E-state index contributed by atoms with van der Waals surface area (Å²) < 4.78 is 1.15. The zero-order valence-corrected chi connectivity index (χ0v) is 15.9. The zero-order chi connectivity index (χ0) is 18.7. The number of nitrogens with zero attached hydrogens (tertiary/aromatic N) is 1. The standard InChI is InChI=1S/C20H21N3O2S/c1-13(20-22-17-10-6-7-11-18(17)26-20)23(3)12-19(25)21-16-9-5-4-8-15(16)14(2)24/h4-11,13H,12H2,1-3H3,(H,21,25)/p+1/t13-/m0/s1. The van der Waals surface area contributed by atoms with Crippen molar-refractivity contribution in [2.24, 2.45) is 0 Å². The molecule has 1 amide bonds. The molecule has 0 aliphatic heterocycles. The summed E-state index contributed by atoms with van der Waals surface area (Å²) in [5.74, 6) is -0.186. The van der Waals surface area contributed by atoms with Crippen molar-refractivity contribution in [1.82, 2.24) is 4.98 Å². The molecule has 0 saturated heterocycles. The van der Waals surface area contributed by atoms with Crippen LogP contribution in [0.2, 0.25) is 0 Å². The van der Waals surface area contributed by atoms with Crippen molar-refractivity contribution in [1.29, 1.82) is 0 Å². The second kappa shape index (κ2) is 7.76. The number of carbonyl (C=O) groups is 2. The fraction of sp³-hybridized carbons (Fsp3) is 0.250. The van der Waals surface area contributed by atoms with Crippen molar-refractivity contribution in [3.8, 4) is 0 Å². The number of likely N-dealkylation sites (N-methyl/N-ethyl adjacent to an activating group) is 1. The first-order chi connectivity index (χ1) is 12.5. The maximum atomic E-state index is 12.4. The molecule has 3 aromatic rings. The molecule has 1 aromatic heterocycles. The van der Waals surface area contributed by atoms with Crippen LogP contribution in [0.3, 0.4) is 0 Å². The molecule has 26 heavy (non-hydrogen) atoms. The van der Waals surface area contributed by atoms with E-state index in [1.165, 1.54) is 6.92 Å². The van der Waals surface area contributed by atoms with E-state index in [9.17, 15) is 9.59 Å². The highest BCUT2D eigenvalue weighted by molar-refractivity contribution is 7.18. The molecule has 3 rings (SSSR count). The molecule has 134 valence electrons. The van der Waals surface area contributed by atoms with E-state index >= 15 is 0 Å². The molecule has 1 heterocycles. The number of nitrogens with one attached hydrogen (secondary N) is 2. The number of hydrogen-bond donors (Lipinski definition) is 2. The summed E-state index contributed by atoms with van der Waals surface area (Å²) in [5.41, 5.74) is 2.08. The maximum absolute atomic E-state index is 12.4. The van der Waals surface area contributed by atoms with Gasteiger partial charge < -0.3 is 10.2 Å². The number of quaternary nitrogens is 1. The molecule has 0 aliphatic carbocycles. The Morgan fingerprint density at radius 1 is 1.15 bits per heavy atom. The van der Waals surface area contributed by atoms with Gasteiger partial charge in [-0.05, 0) is 38.1 Å². The lowest BCUT2D eigenvalue weighted by molar-refractivity contribution is -0.902. The summed E-state index contributed by atoms with van der Waals surface area (Å²) in [6.07, 6.45) is 0. The minimum absolute atomic E-state index is 0.0653. The summed E-state index contributed by atoms with van der Waals surface area (Å²) in [6, 6.07) is 15.2. The summed E-state index contributed by atoms with van der Waals surface area (Å²) in [6.45, 7) is 3.87. The molecule has 0 saturated carbocycles. The SMILES string of the molecule is CC(=O)c1ccccc1NC(=O)C[NH+](C)[C@@H](C)c1nc2ccccc2s1.